The van der Waals surface area contributed by atoms with Gasteiger partial charge in [0.15, 0.2) is 5.96 Å². The number of fused-ring (bicyclic) bond motifs is 1. The van der Waals surface area contributed by atoms with Gasteiger partial charge in [-0.2, -0.15) is 0 Å². The van der Waals surface area contributed by atoms with Crippen LogP contribution in [0.25, 0.3) is 10.9 Å². The lowest BCUT2D eigenvalue weighted by molar-refractivity contribution is -0.136. The molecule has 2 aromatic heterocycles. The number of H-pyrrole nitrogens is 2. The minimum absolute atomic E-state index is 0.0818. The summed E-state index contributed by atoms with van der Waals surface area (Å²) in [6, 6.07) is 12.6. The van der Waals surface area contributed by atoms with Crippen LogP contribution < -0.4 is 32.7 Å². The first-order chi connectivity index (χ1) is 22.3. The van der Waals surface area contributed by atoms with E-state index in [0.717, 1.165) is 22.0 Å². The van der Waals surface area contributed by atoms with E-state index in [1.807, 2.05) is 54.6 Å². The van der Waals surface area contributed by atoms with Crippen molar-refractivity contribution in [3.63, 3.8) is 0 Å². The van der Waals surface area contributed by atoms with Gasteiger partial charge in [0.1, 0.15) is 24.2 Å². The maximum absolute atomic E-state index is 13.9. The quantitative estimate of drug-likeness (QED) is 0.0678. The van der Waals surface area contributed by atoms with E-state index in [1.165, 1.54) is 6.33 Å². The van der Waals surface area contributed by atoms with E-state index >= 15 is 0 Å². The molecule has 0 spiro atoms. The summed E-state index contributed by atoms with van der Waals surface area (Å²) in [5.74, 6) is -2.28. The van der Waals surface area contributed by atoms with Gasteiger partial charge in [0.25, 0.3) is 0 Å². The smallest absolute Gasteiger partial charge is 0.243 e. The Bertz CT molecular complexity index is 1680. The van der Waals surface area contributed by atoms with E-state index < -0.39 is 47.8 Å². The minimum Gasteiger partial charge on any atom is -0.370 e. The van der Waals surface area contributed by atoms with Crippen LogP contribution in [0.5, 0.6) is 0 Å². The van der Waals surface area contributed by atoms with E-state index in [2.05, 4.69) is 41.2 Å². The third-order valence-corrected chi connectivity index (χ3v) is 7.84. The summed E-state index contributed by atoms with van der Waals surface area (Å²) >= 11 is 0. The van der Waals surface area contributed by atoms with E-state index in [-0.39, 0.29) is 38.2 Å². The van der Waals surface area contributed by atoms with Crippen LogP contribution in [-0.2, 0) is 38.4 Å². The Kier molecular flexibility index (Phi) is 10.3. The van der Waals surface area contributed by atoms with Crippen LogP contribution in [0.1, 0.15) is 29.7 Å². The standard InChI is InChI=1S/C32H38N10O4/c33-32(34)36-12-6-11-24-28(43)41-26(14-20-16-37-23-10-5-4-9-22(20)23)30(45)42-27(15-21-17-35-18-38-21)31(46)40-25(29(44)39-24)13-19-7-2-1-3-8-19/h1-5,7-10,16-18,24-27,37H,6,11-15H2,(H,35,38)(H,39,44)(H,40,46)(H,41,43)(H,42,45)(H4,33,34,36)/t24-,25+,26+,27-/m0/s1. The topological polar surface area (TPSA) is 225 Å². The number of imidazole rings is 1. The molecule has 4 amide bonds. The maximum Gasteiger partial charge on any atom is 0.243 e. The monoisotopic (exact) mass is 626 g/mol. The highest BCUT2D eigenvalue weighted by molar-refractivity contribution is 5.98. The van der Waals surface area contributed by atoms with Gasteiger partial charge in [-0.05, 0) is 30.0 Å². The average molecular weight is 627 g/mol. The van der Waals surface area contributed by atoms with Crippen LogP contribution in [0.15, 0.2) is 78.3 Å². The molecule has 10 N–H and O–H groups in total. The number of aliphatic imine (C=N–C) groups is 1. The zero-order valence-electron chi connectivity index (χ0n) is 25.2. The van der Waals surface area contributed by atoms with Gasteiger partial charge in [0.05, 0.1) is 6.33 Å². The number of nitrogens with one attached hydrogen (secondary N) is 6. The summed E-state index contributed by atoms with van der Waals surface area (Å²) in [7, 11) is 0. The third-order valence-electron chi connectivity index (χ3n) is 7.84. The van der Waals surface area contributed by atoms with E-state index in [4.69, 9.17) is 11.5 Å². The summed E-state index contributed by atoms with van der Waals surface area (Å²) in [6.07, 6.45) is 5.75. The van der Waals surface area contributed by atoms with Crippen LogP contribution in [-0.4, -0.2) is 75.3 Å². The van der Waals surface area contributed by atoms with Gasteiger partial charge in [-0.1, -0.05) is 48.5 Å². The Morgan fingerprint density at radius 3 is 2.00 bits per heavy atom. The lowest BCUT2D eigenvalue weighted by Crippen LogP contribution is -2.62. The summed E-state index contributed by atoms with van der Waals surface area (Å²) in [5, 5.41) is 12.2. The summed E-state index contributed by atoms with van der Waals surface area (Å²) in [6.45, 7) is 0.237. The Morgan fingerprint density at radius 1 is 0.717 bits per heavy atom. The number of aromatic amines is 2. The SMILES string of the molecule is NC(N)=NCCC[C@@H]1NC(=O)[C@@H](Cc2ccccc2)NC(=O)[C@H](Cc2cnc[nH]2)NC(=O)[C@@H](Cc2c[nH]c3ccccc23)NC1=O. The van der Waals surface area contributed by atoms with Crippen molar-refractivity contribution in [2.24, 2.45) is 16.5 Å². The molecule has 1 aliphatic rings. The van der Waals surface area contributed by atoms with Crippen LogP contribution in [0.3, 0.4) is 0 Å². The fourth-order valence-electron chi connectivity index (χ4n) is 5.48. The molecule has 2 aromatic carbocycles. The molecule has 3 heterocycles. The van der Waals surface area contributed by atoms with Gasteiger partial charge < -0.3 is 42.7 Å². The molecule has 1 fully saturated rings. The molecule has 46 heavy (non-hydrogen) atoms. The normalized spacial score (nSPS) is 20.9. The van der Waals surface area contributed by atoms with Crippen molar-refractivity contribution < 1.29 is 19.2 Å². The van der Waals surface area contributed by atoms with Gasteiger partial charge in [-0.25, -0.2) is 4.98 Å². The number of nitrogens with two attached hydrogens (primary N) is 2. The van der Waals surface area contributed by atoms with E-state index in [9.17, 15) is 19.2 Å². The summed E-state index contributed by atoms with van der Waals surface area (Å²) in [4.78, 5) is 69.5. The number of guanidine groups is 1. The first-order valence-corrected chi connectivity index (χ1v) is 15.1. The second-order valence-corrected chi connectivity index (χ2v) is 11.2. The molecular formula is C32H38N10O4. The maximum atomic E-state index is 13.9. The Morgan fingerprint density at radius 2 is 1.33 bits per heavy atom. The molecule has 4 aromatic rings. The zero-order valence-corrected chi connectivity index (χ0v) is 25.2. The molecule has 0 bridgehead atoms. The molecule has 4 atom stereocenters. The number of carbonyl (C=O) groups excluding carboxylic acids is 4. The Labute approximate surface area is 265 Å². The Hall–Kier alpha value is -5.66. The Balaban J connectivity index is 1.47. The van der Waals surface area contributed by atoms with Crippen LogP contribution in [0.2, 0.25) is 0 Å². The van der Waals surface area contributed by atoms with E-state index in [0.29, 0.717) is 12.1 Å². The fourth-order valence-corrected chi connectivity index (χ4v) is 5.48. The highest BCUT2D eigenvalue weighted by Crippen LogP contribution is 2.20. The summed E-state index contributed by atoms with van der Waals surface area (Å²) in [5.41, 5.74) is 14.0. The molecule has 14 nitrogen and oxygen atoms in total. The first-order valence-electron chi connectivity index (χ1n) is 15.1. The number of amides is 4. The first kappa shape index (κ1) is 31.8. The molecule has 14 heteroatoms. The number of rotatable bonds is 10. The number of para-hydroxylation sites is 1. The largest absolute Gasteiger partial charge is 0.370 e. The number of hydrogen-bond acceptors (Lipinski definition) is 6. The van der Waals surface area contributed by atoms with Crippen molar-refractivity contribution in [2.45, 2.75) is 56.3 Å². The molecule has 1 saturated heterocycles. The number of nitrogens with zero attached hydrogens (tertiary/aromatic N) is 2. The molecule has 1 aliphatic heterocycles. The predicted molar refractivity (Wildman–Crippen MR) is 172 cm³/mol. The molecule has 0 aliphatic carbocycles. The highest BCUT2D eigenvalue weighted by Gasteiger charge is 2.34. The lowest BCUT2D eigenvalue weighted by Gasteiger charge is -2.29. The van der Waals surface area contributed by atoms with E-state index in [1.54, 1.807) is 12.4 Å². The van der Waals surface area contributed by atoms with Crippen LogP contribution in [0, 0.1) is 0 Å². The molecule has 0 unspecified atom stereocenters. The second kappa shape index (κ2) is 14.9. The molecule has 0 radical (unpaired) electrons. The predicted octanol–water partition coefficient (Wildman–Crippen LogP) is -0.0747. The highest BCUT2D eigenvalue weighted by atomic mass is 16.2. The van der Waals surface area contributed by atoms with Crippen LogP contribution >= 0.6 is 0 Å². The van der Waals surface area contributed by atoms with Crippen molar-refractivity contribution in [3.05, 3.63) is 90.1 Å². The summed E-state index contributed by atoms with van der Waals surface area (Å²) < 4.78 is 0. The van der Waals surface area contributed by atoms with Crippen LogP contribution in [0.4, 0.5) is 0 Å². The second-order valence-electron chi connectivity index (χ2n) is 11.2. The van der Waals surface area contributed by atoms with Gasteiger partial charge in [0.2, 0.25) is 23.6 Å². The number of hydrogen-bond donors (Lipinski definition) is 8. The van der Waals surface area contributed by atoms with Crippen molar-refractivity contribution >= 4 is 40.5 Å². The molecular weight excluding hydrogens is 588 g/mol. The van der Waals surface area contributed by atoms with Gasteiger partial charge in [-0.3, -0.25) is 24.2 Å². The number of aromatic nitrogens is 3. The fraction of sp³-hybridized carbons (Fsp3) is 0.312. The van der Waals surface area contributed by atoms with Crippen molar-refractivity contribution in [1.82, 2.24) is 36.2 Å². The number of benzene rings is 2. The lowest BCUT2D eigenvalue weighted by atomic mass is 10.00. The number of carbonyl (C=O) groups is 4. The zero-order chi connectivity index (χ0) is 32.5. The molecule has 5 rings (SSSR count). The molecule has 240 valence electrons. The van der Waals surface area contributed by atoms with Gasteiger partial charge in [0, 0.05) is 54.8 Å². The molecule has 0 saturated carbocycles. The van der Waals surface area contributed by atoms with Crippen molar-refractivity contribution in [2.75, 3.05) is 6.54 Å². The minimum atomic E-state index is -1.07. The van der Waals surface area contributed by atoms with Crippen molar-refractivity contribution in [1.29, 1.82) is 0 Å². The van der Waals surface area contributed by atoms with Gasteiger partial charge in [-0.15, -0.1) is 0 Å². The average Bonchev–Trinajstić information content (AvgIpc) is 3.71. The van der Waals surface area contributed by atoms with Crippen molar-refractivity contribution in [3.8, 4) is 0 Å². The third kappa shape index (κ3) is 8.28. The van der Waals surface area contributed by atoms with Gasteiger partial charge >= 0.3 is 0 Å².